The van der Waals surface area contributed by atoms with Crippen LogP contribution in [0.1, 0.15) is 18.5 Å². The summed E-state index contributed by atoms with van der Waals surface area (Å²) in [6.45, 7) is 1.37. The lowest BCUT2D eigenvalue weighted by Crippen LogP contribution is -2.36. The number of carbonyl (C=O) groups is 3. The number of urea groups is 1. The molecule has 1 aromatic carbocycles. The molecule has 0 saturated carbocycles. The topological polar surface area (TPSA) is 75.7 Å². The summed E-state index contributed by atoms with van der Waals surface area (Å²) in [5.74, 6) is -1.65. The summed E-state index contributed by atoms with van der Waals surface area (Å²) in [5, 5.41) is 2.44. The lowest BCUT2D eigenvalue weighted by molar-refractivity contribution is -0.146. The molecule has 1 N–H and O–H groups in total. The summed E-state index contributed by atoms with van der Waals surface area (Å²) >= 11 is 0. The molecule has 0 bridgehead atoms. The van der Waals surface area contributed by atoms with Gasteiger partial charge in [0.2, 0.25) is 0 Å². The van der Waals surface area contributed by atoms with E-state index in [-0.39, 0.29) is 6.61 Å². The van der Waals surface area contributed by atoms with Gasteiger partial charge in [-0.2, -0.15) is 0 Å². The van der Waals surface area contributed by atoms with Crippen LogP contribution in [0.25, 0.3) is 0 Å². The summed E-state index contributed by atoms with van der Waals surface area (Å²) in [6, 6.07) is 3.64. The van der Waals surface area contributed by atoms with E-state index in [1.165, 1.54) is 24.3 Å². The summed E-state index contributed by atoms with van der Waals surface area (Å²) < 4.78 is 17.5. The van der Waals surface area contributed by atoms with Crippen LogP contribution in [-0.4, -0.2) is 36.0 Å². The van der Waals surface area contributed by atoms with Crippen molar-refractivity contribution in [2.24, 2.45) is 0 Å². The number of imide groups is 1. The highest BCUT2D eigenvalue weighted by Crippen LogP contribution is 2.22. The number of amides is 3. The number of hydrogen-bond donors (Lipinski definition) is 1. The Kier molecular flexibility index (Phi) is 3.97. The van der Waals surface area contributed by atoms with Crippen LogP contribution in [0.2, 0.25) is 0 Å². The Morgan fingerprint density at radius 2 is 2.00 bits per heavy atom. The van der Waals surface area contributed by atoms with Crippen LogP contribution >= 0.6 is 0 Å². The van der Waals surface area contributed by atoms with E-state index < -0.39 is 36.3 Å². The number of carbonyl (C=O) groups excluding carboxylic acids is 3. The van der Waals surface area contributed by atoms with Crippen LogP contribution in [0.4, 0.5) is 9.18 Å². The van der Waals surface area contributed by atoms with Crippen LogP contribution in [0, 0.1) is 5.82 Å². The molecule has 1 aliphatic heterocycles. The van der Waals surface area contributed by atoms with Crippen molar-refractivity contribution >= 4 is 17.9 Å². The van der Waals surface area contributed by atoms with E-state index in [0.717, 1.165) is 4.90 Å². The molecule has 1 aliphatic rings. The van der Waals surface area contributed by atoms with E-state index in [2.05, 4.69) is 5.32 Å². The zero-order chi connectivity index (χ0) is 14.7. The van der Waals surface area contributed by atoms with Crippen molar-refractivity contribution in [1.82, 2.24) is 10.2 Å². The fourth-order valence-electron chi connectivity index (χ4n) is 1.89. The van der Waals surface area contributed by atoms with Crippen molar-refractivity contribution in [2.45, 2.75) is 13.0 Å². The van der Waals surface area contributed by atoms with Gasteiger partial charge < -0.3 is 10.1 Å². The predicted molar refractivity (Wildman–Crippen MR) is 66.0 cm³/mol. The van der Waals surface area contributed by atoms with Crippen molar-refractivity contribution in [3.8, 4) is 0 Å². The molecule has 2 rings (SSSR count). The molecule has 1 unspecified atom stereocenters. The number of nitrogens with zero attached hydrogens (tertiary/aromatic N) is 1. The fraction of sp³-hybridized carbons (Fsp3) is 0.308. The summed E-state index contributed by atoms with van der Waals surface area (Å²) in [4.78, 5) is 35.9. The van der Waals surface area contributed by atoms with Crippen LogP contribution < -0.4 is 5.32 Å². The van der Waals surface area contributed by atoms with Gasteiger partial charge >= 0.3 is 12.0 Å². The molecule has 3 amide bonds. The standard InChI is InChI=1S/C13H13FN2O4/c1-2-20-10(17)7-16-12(18)11(15-13(16)19)8-3-5-9(14)6-4-8/h3-6,11H,2,7H2,1H3,(H,15,19). The largest absolute Gasteiger partial charge is 0.465 e. The smallest absolute Gasteiger partial charge is 0.326 e. The molecular formula is C13H13FN2O4. The second kappa shape index (κ2) is 5.68. The van der Waals surface area contributed by atoms with Crippen molar-refractivity contribution in [3.05, 3.63) is 35.6 Å². The van der Waals surface area contributed by atoms with Crippen molar-refractivity contribution in [3.63, 3.8) is 0 Å². The number of nitrogens with one attached hydrogen (secondary N) is 1. The average molecular weight is 280 g/mol. The van der Waals surface area contributed by atoms with E-state index in [1.54, 1.807) is 6.92 Å². The van der Waals surface area contributed by atoms with Crippen molar-refractivity contribution in [2.75, 3.05) is 13.2 Å². The van der Waals surface area contributed by atoms with Gasteiger partial charge in [0, 0.05) is 0 Å². The molecule has 20 heavy (non-hydrogen) atoms. The molecule has 1 aromatic rings. The van der Waals surface area contributed by atoms with Gasteiger partial charge in [0.05, 0.1) is 6.61 Å². The minimum atomic E-state index is -0.905. The van der Waals surface area contributed by atoms with E-state index >= 15 is 0 Å². The minimum Gasteiger partial charge on any atom is -0.465 e. The van der Waals surface area contributed by atoms with Gasteiger partial charge in [-0.25, -0.2) is 9.18 Å². The van der Waals surface area contributed by atoms with Crippen LogP contribution in [0.15, 0.2) is 24.3 Å². The molecule has 0 radical (unpaired) electrons. The molecule has 1 heterocycles. The van der Waals surface area contributed by atoms with E-state index in [9.17, 15) is 18.8 Å². The van der Waals surface area contributed by atoms with E-state index in [0.29, 0.717) is 5.56 Å². The highest BCUT2D eigenvalue weighted by atomic mass is 19.1. The molecule has 0 spiro atoms. The van der Waals surface area contributed by atoms with Crippen molar-refractivity contribution < 1.29 is 23.5 Å². The zero-order valence-corrected chi connectivity index (χ0v) is 10.8. The Hall–Kier alpha value is -2.44. The highest BCUT2D eigenvalue weighted by Gasteiger charge is 2.40. The predicted octanol–water partition coefficient (Wildman–Crippen LogP) is 0.982. The Labute approximate surface area is 114 Å². The van der Waals surface area contributed by atoms with Gasteiger partial charge in [-0.1, -0.05) is 12.1 Å². The summed E-state index contributed by atoms with van der Waals surface area (Å²) in [7, 11) is 0. The number of rotatable bonds is 4. The molecule has 0 aromatic heterocycles. The first-order chi connectivity index (χ1) is 9.52. The molecule has 1 atom stereocenters. The molecule has 106 valence electrons. The Balaban J connectivity index is 2.12. The molecule has 1 fully saturated rings. The third-order valence-electron chi connectivity index (χ3n) is 2.82. The lowest BCUT2D eigenvalue weighted by Gasteiger charge is -2.12. The zero-order valence-electron chi connectivity index (χ0n) is 10.8. The minimum absolute atomic E-state index is 0.171. The lowest BCUT2D eigenvalue weighted by atomic mass is 10.1. The second-order valence-electron chi connectivity index (χ2n) is 4.16. The monoisotopic (exact) mass is 280 g/mol. The van der Waals surface area contributed by atoms with Gasteiger partial charge in [0.15, 0.2) is 0 Å². The van der Waals surface area contributed by atoms with E-state index in [1.807, 2.05) is 0 Å². The van der Waals surface area contributed by atoms with Crippen molar-refractivity contribution in [1.29, 1.82) is 0 Å². The Morgan fingerprint density at radius 1 is 1.35 bits per heavy atom. The second-order valence-corrected chi connectivity index (χ2v) is 4.16. The van der Waals surface area contributed by atoms with Gasteiger partial charge in [0.25, 0.3) is 5.91 Å². The number of ether oxygens (including phenoxy) is 1. The maximum Gasteiger partial charge on any atom is 0.326 e. The first-order valence-corrected chi connectivity index (χ1v) is 6.06. The Bertz CT molecular complexity index is 544. The number of esters is 1. The maximum absolute atomic E-state index is 12.8. The number of benzene rings is 1. The summed E-state index contributed by atoms with van der Waals surface area (Å²) in [5.41, 5.74) is 0.455. The van der Waals surface area contributed by atoms with Crippen LogP contribution in [-0.2, 0) is 14.3 Å². The maximum atomic E-state index is 12.8. The number of hydrogen-bond acceptors (Lipinski definition) is 4. The molecule has 6 nitrogen and oxygen atoms in total. The SMILES string of the molecule is CCOC(=O)CN1C(=O)NC(c2ccc(F)cc2)C1=O. The first-order valence-electron chi connectivity index (χ1n) is 6.06. The fourth-order valence-corrected chi connectivity index (χ4v) is 1.89. The Morgan fingerprint density at radius 3 is 2.60 bits per heavy atom. The molecule has 7 heteroatoms. The molecule has 1 saturated heterocycles. The molecule has 0 aliphatic carbocycles. The average Bonchev–Trinajstić information content (AvgIpc) is 2.68. The molecular weight excluding hydrogens is 267 g/mol. The quantitative estimate of drug-likeness (QED) is 0.659. The van der Waals surface area contributed by atoms with E-state index in [4.69, 9.17) is 4.74 Å². The van der Waals surface area contributed by atoms with Gasteiger partial charge in [0.1, 0.15) is 18.4 Å². The third-order valence-corrected chi connectivity index (χ3v) is 2.82. The third kappa shape index (κ3) is 2.76. The van der Waals surface area contributed by atoms with Crippen LogP contribution in [0.3, 0.4) is 0 Å². The summed E-state index contributed by atoms with van der Waals surface area (Å²) in [6.07, 6.45) is 0. The first kappa shape index (κ1) is 14.0. The number of halogens is 1. The van der Waals surface area contributed by atoms with Gasteiger partial charge in [-0.05, 0) is 24.6 Å². The normalized spacial score (nSPS) is 18.1. The van der Waals surface area contributed by atoms with Crippen LogP contribution in [0.5, 0.6) is 0 Å². The highest BCUT2D eigenvalue weighted by molar-refractivity contribution is 6.06. The van der Waals surface area contributed by atoms with Gasteiger partial charge in [-0.3, -0.25) is 14.5 Å². The van der Waals surface area contributed by atoms with Gasteiger partial charge in [-0.15, -0.1) is 0 Å².